The van der Waals surface area contributed by atoms with Crippen LogP contribution in [0.1, 0.15) is 23.7 Å². The Morgan fingerprint density at radius 2 is 2.06 bits per heavy atom. The maximum atomic E-state index is 10.0. The molecule has 1 saturated heterocycles. The van der Waals surface area contributed by atoms with Crippen LogP contribution in [0.2, 0.25) is 0 Å². The van der Waals surface area contributed by atoms with Crippen molar-refractivity contribution in [1.82, 2.24) is 20.6 Å². The van der Waals surface area contributed by atoms with E-state index in [0.29, 0.717) is 36.0 Å². The van der Waals surface area contributed by atoms with E-state index in [4.69, 9.17) is 4.74 Å². The molecule has 0 spiro atoms. The van der Waals surface area contributed by atoms with Crippen molar-refractivity contribution in [2.24, 2.45) is 0 Å². The molecule has 0 radical (unpaired) electrons. The lowest BCUT2D eigenvalue weighted by Crippen LogP contribution is -2.32. The first-order valence-corrected chi connectivity index (χ1v) is 11.1. The minimum Gasteiger partial charge on any atom is -0.484 e. The first-order valence-electron chi connectivity index (χ1n) is 11.1. The molecule has 1 aromatic heterocycles. The van der Waals surface area contributed by atoms with E-state index >= 15 is 0 Å². The molecule has 1 aliphatic rings. The number of aromatic nitrogens is 2. The van der Waals surface area contributed by atoms with Crippen LogP contribution in [0.5, 0.6) is 5.75 Å². The Balaban J connectivity index is 1.55. The fraction of sp³-hybridized carbons (Fsp3) is 0.320. The summed E-state index contributed by atoms with van der Waals surface area (Å²) in [6.07, 6.45) is 1.78. The molecule has 0 saturated carbocycles. The van der Waals surface area contributed by atoms with E-state index in [1.807, 2.05) is 49.5 Å². The molecule has 0 bridgehead atoms. The Bertz CT molecular complexity index is 1100. The van der Waals surface area contributed by atoms with Crippen LogP contribution >= 0.6 is 0 Å². The Kier molecular flexibility index (Phi) is 7.47. The van der Waals surface area contributed by atoms with E-state index in [1.54, 1.807) is 18.3 Å². The van der Waals surface area contributed by atoms with Crippen LogP contribution in [0.3, 0.4) is 0 Å². The minimum absolute atomic E-state index is 0.141. The van der Waals surface area contributed by atoms with Gasteiger partial charge in [0.15, 0.2) is 0 Å². The molecule has 1 aliphatic heterocycles. The fourth-order valence-electron chi connectivity index (χ4n) is 3.84. The van der Waals surface area contributed by atoms with E-state index in [-0.39, 0.29) is 12.1 Å². The lowest BCUT2D eigenvalue weighted by molar-refractivity contribution is 0.185. The number of ether oxygens (including phenoxy) is 1. The van der Waals surface area contributed by atoms with Gasteiger partial charge in [-0.15, -0.1) is 0 Å². The number of anilines is 1. The van der Waals surface area contributed by atoms with Crippen LogP contribution in [-0.2, 0) is 0 Å². The van der Waals surface area contributed by atoms with Gasteiger partial charge in [0, 0.05) is 31.3 Å². The Hall–Kier alpha value is -3.51. The van der Waals surface area contributed by atoms with Crippen molar-refractivity contribution in [3.05, 3.63) is 71.9 Å². The Morgan fingerprint density at radius 1 is 1.21 bits per heavy atom. The standard InChI is InChI=1S/C25H28N6O2/c1-27-11-10-24(17-5-3-2-4-6-17)33-23-8-7-18(13-19(23)14-26)20-9-12-29-25(30-20)31-21-15-28-16-22(21)32/h2-9,12-13,21-22,24,27-28,32H,10-11,15-16H2,1H3,(H,29,30,31)/t21-,22-,24+/m1/s1. The lowest BCUT2D eigenvalue weighted by Gasteiger charge is -2.20. The predicted octanol–water partition coefficient (Wildman–Crippen LogP) is 2.49. The van der Waals surface area contributed by atoms with E-state index in [1.165, 1.54) is 0 Å². The highest BCUT2D eigenvalue weighted by molar-refractivity contribution is 5.65. The molecule has 170 valence electrons. The van der Waals surface area contributed by atoms with Gasteiger partial charge in [-0.2, -0.15) is 5.26 Å². The number of nitrogens with one attached hydrogen (secondary N) is 3. The number of aliphatic hydroxyl groups is 1. The zero-order chi connectivity index (χ0) is 23.0. The summed E-state index contributed by atoms with van der Waals surface area (Å²) < 4.78 is 6.30. The van der Waals surface area contributed by atoms with E-state index in [9.17, 15) is 10.4 Å². The maximum Gasteiger partial charge on any atom is 0.223 e. The summed E-state index contributed by atoms with van der Waals surface area (Å²) >= 11 is 0. The van der Waals surface area contributed by atoms with Crippen LogP contribution in [0.4, 0.5) is 5.95 Å². The minimum atomic E-state index is -0.487. The Morgan fingerprint density at radius 3 is 2.79 bits per heavy atom. The highest BCUT2D eigenvalue weighted by Crippen LogP contribution is 2.30. The maximum absolute atomic E-state index is 10.0. The number of hydrogen-bond donors (Lipinski definition) is 4. The fourth-order valence-corrected chi connectivity index (χ4v) is 3.84. The third kappa shape index (κ3) is 5.65. The molecular formula is C25H28N6O2. The van der Waals surface area contributed by atoms with E-state index in [2.05, 4.69) is 32.0 Å². The molecule has 1 fully saturated rings. The third-order valence-electron chi connectivity index (χ3n) is 5.65. The predicted molar refractivity (Wildman–Crippen MR) is 127 cm³/mol. The SMILES string of the molecule is CNCC[C@H](Oc1ccc(-c2ccnc(N[C@@H]3CNC[C@H]3O)n2)cc1C#N)c1ccccc1. The van der Waals surface area contributed by atoms with Crippen molar-refractivity contribution in [2.45, 2.75) is 24.7 Å². The smallest absolute Gasteiger partial charge is 0.223 e. The lowest BCUT2D eigenvalue weighted by atomic mass is 10.0. The second kappa shape index (κ2) is 10.9. The summed E-state index contributed by atoms with van der Waals surface area (Å²) in [5.41, 5.74) is 2.99. The molecule has 2 heterocycles. The van der Waals surface area contributed by atoms with Gasteiger partial charge >= 0.3 is 0 Å². The van der Waals surface area contributed by atoms with Gasteiger partial charge in [0.05, 0.1) is 23.4 Å². The largest absolute Gasteiger partial charge is 0.484 e. The molecule has 2 aromatic carbocycles. The van der Waals surface area contributed by atoms with Gasteiger partial charge in [0.2, 0.25) is 5.95 Å². The van der Waals surface area contributed by atoms with Gasteiger partial charge < -0.3 is 25.8 Å². The second-order valence-corrected chi connectivity index (χ2v) is 7.97. The summed E-state index contributed by atoms with van der Waals surface area (Å²) in [4.78, 5) is 8.84. The molecule has 0 unspecified atom stereocenters. The summed E-state index contributed by atoms with van der Waals surface area (Å²) in [7, 11) is 1.91. The summed E-state index contributed by atoms with van der Waals surface area (Å²) in [6.45, 7) is 1.99. The molecule has 8 heteroatoms. The monoisotopic (exact) mass is 444 g/mol. The molecule has 0 aliphatic carbocycles. The number of β-amino-alcohol motifs (C(OH)–C–C–N with tert-alkyl or cyclic N) is 1. The summed E-state index contributed by atoms with van der Waals surface area (Å²) in [6, 6.07) is 19.4. The molecule has 4 N–H and O–H groups in total. The first-order chi connectivity index (χ1) is 16.2. The van der Waals surface area contributed by atoms with Gasteiger partial charge in [0.1, 0.15) is 17.9 Å². The number of benzene rings is 2. The van der Waals surface area contributed by atoms with Crippen LogP contribution < -0.4 is 20.7 Å². The normalized spacial score (nSPS) is 18.5. The van der Waals surface area contributed by atoms with Crippen molar-refractivity contribution < 1.29 is 9.84 Å². The average molecular weight is 445 g/mol. The highest BCUT2D eigenvalue weighted by Gasteiger charge is 2.25. The zero-order valence-corrected chi connectivity index (χ0v) is 18.5. The highest BCUT2D eigenvalue weighted by atomic mass is 16.5. The van der Waals surface area contributed by atoms with Gasteiger partial charge in [0.25, 0.3) is 0 Å². The molecule has 33 heavy (non-hydrogen) atoms. The number of aliphatic hydroxyl groups excluding tert-OH is 1. The zero-order valence-electron chi connectivity index (χ0n) is 18.5. The molecule has 3 atom stereocenters. The van der Waals surface area contributed by atoms with E-state index < -0.39 is 6.10 Å². The van der Waals surface area contributed by atoms with Crippen LogP contribution in [0.25, 0.3) is 11.3 Å². The van der Waals surface area contributed by atoms with Crippen molar-refractivity contribution in [3.63, 3.8) is 0 Å². The van der Waals surface area contributed by atoms with Gasteiger partial charge in [-0.1, -0.05) is 30.3 Å². The molecular weight excluding hydrogens is 416 g/mol. The van der Waals surface area contributed by atoms with Gasteiger partial charge in [-0.3, -0.25) is 0 Å². The average Bonchev–Trinajstić information content (AvgIpc) is 3.26. The quantitative estimate of drug-likeness (QED) is 0.398. The van der Waals surface area contributed by atoms with Crippen LogP contribution in [-0.4, -0.2) is 53.9 Å². The number of hydrogen-bond acceptors (Lipinski definition) is 8. The van der Waals surface area contributed by atoms with Crippen LogP contribution in [0.15, 0.2) is 60.8 Å². The molecule has 3 aromatic rings. The van der Waals surface area contributed by atoms with Crippen molar-refractivity contribution in [3.8, 4) is 23.1 Å². The Labute approximate surface area is 193 Å². The van der Waals surface area contributed by atoms with Gasteiger partial charge in [-0.05, 0) is 43.4 Å². The molecule has 0 amide bonds. The molecule has 4 rings (SSSR count). The van der Waals surface area contributed by atoms with E-state index in [0.717, 1.165) is 24.1 Å². The number of nitrogens with zero attached hydrogens (tertiary/aromatic N) is 3. The van der Waals surface area contributed by atoms with Crippen LogP contribution in [0, 0.1) is 11.3 Å². The third-order valence-corrected chi connectivity index (χ3v) is 5.65. The van der Waals surface area contributed by atoms with Crippen molar-refractivity contribution >= 4 is 5.95 Å². The number of nitriles is 1. The summed E-state index contributed by atoms with van der Waals surface area (Å²) in [5.74, 6) is 0.981. The first kappa shape index (κ1) is 22.7. The number of rotatable bonds is 9. The summed E-state index contributed by atoms with van der Waals surface area (Å²) in [5, 5.41) is 29.3. The van der Waals surface area contributed by atoms with Gasteiger partial charge in [-0.25, -0.2) is 9.97 Å². The topological polar surface area (TPSA) is 115 Å². The van der Waals surface area contributed by atoms with Crippen molar-refractivity contribution in [1.29, 1.82) is 5.26 Å². The molecule has 8 nitrogen and oxygen atoms in total. The second-order valence-electron chi connectivity index (χ2n) is 7.97. The van der Waals surface area contributed by atoms with Crippen molar-refractivity contribution in [2.75, 3.05) is 32.0 Å².